The molecule has 3 saturated carbocycles. The Hall–Kier alpha value is -0.950. The predicted octanol–water partition coefficient (Wildman–Crippen LogP) is 7.33. The van der Waals surface area contributed by atoms with Crippen LogP contribution in [-0.4, -0.2) is 90.3 Å². The Morgan fingerprint density at radius 1 is 0.960 bits per heavy atom. The summed E-state index contributed by atoms with van der Waals surface area (Å²) in [6.45, 7) is -4.58. The molecule has 50 heavy (non-hydrogen) atoms. The Bertz CT molecular complexity index is 1280. The van der Waals surface area contributed by atoms with E-state index in [2.05, 4.69) is 0 Å². The average molecular weight is 785 g/mol. The van der Waals surface area contributed by atoms with Crippen LogP contribution in [0, 0.1) is 29.1 Å². The topological polar surface area (TPSA) is 125 Å². The lowest BCUT2D eigenvalue weighted by Gasteiger charge is -2.47. The van der Waals surface area contributed by atoms with E-state index in [0.717, 1.165) is 44.9 Å². The molecule has 5 fully saturated rings. The number of alkyl halides is 6. The summed E-state index contributed by atoms with van der Waals surface area (Å²) in [5.41, 5.74) is -1.02. The van der Waals surface area contributed by atoms with E-state index in [-0.39, 0.29) is 47.0 Å². The van der Waals surface area contributed by atoms with E-state index in [1.807, 2.05) is 0 Å². The van der Waals surface area contributed by atoms with Crippen LogP contribution < -0.4 is 0 Å². The lowest BCUT2D eigenvalue weighted by molar-refractivity contribution is -0.222. The zero-order valence-electron chi connectivity index (χ0n) is 27.7. The molecule has 6 atom stereocenters. The fraction of sp³-hybridized carbons (Fsp3) is 0.938. The first-order valence-electron chi connectivity index (χ1n) is 17.3. The Kier molecular flexibility index (Phi) is 13.0. The number of rotatable bonds is 13. The standard InChI is InChI=1S/C32H46F6O9S3/c33-30(34)17-45-26(46-18-31(30,35)36)22(11-20-5-2-1-3-6-20)8-9-25(39)44-15-24-16-48-27(49-24)23-12-21-7-4-10-29(13-21,14-23)28(40)47-19-32(37,38)50(41,42)43/h20-24,26-27H,1-19H2,(H,41,42,43). The van der Waals surface area contributed by atoms with E-state index in [1.54, 1.807) is 23.5 Å². The molecule has 18 heteroatoms. The molecule has 9 nitrogen and oxygen atoms in total. The molecule has 0 aromatic carbocycles. The van der Waals surface area contributed by atoms with Gasteiger partial charge in [0.05, 0.1) is 10.00 Å². The van der Waals surface area contributed by atoms with Crippen molar-refractivity contribution in [3.05, 3.63) is 0 Å². The molecule has 1 N–H and O–H groups in total. The Morgan fingerprint density at radius 2 is 1.64 bits per heavy atom. The summed E-state index contributed by atoms with van der Waals surface area (Å²) in [6, 6.07) is 0. The fourth-order valence-electron chi connectivity index (χ4n) is 8.23. The lowest BCUT2D eigenvalue weighted by atomic mass is 9.59. The second-order valence-electron chi connectivity index (χ2n) is 14.7. The second kappa shape index (κ2) is 16.2. The molecule has 0 radical (unpaired) electrons. The van der Waals surface area contributed by atoms with Gasteiger partial charge in [-0.2, -0.15) is 34.8 Å². The van der Waals surface area contributed by atoms with Gasteiger partial charge in [0.1, 0.15) is 19.8 Å². The monoisotopic (exact) mass is 784 g/mol. The summed E-state index contributed by atoms with van der Waals surface area (Å²) >= 11 is 3.29. The van der Waals surface area contributed by atoms with Crippen LogP contribution in [0.3, 0.4) is 0 Å². The number of fused-ring (bicyclic) bond motifs is 2. The van der Waals surface area contributed by atoms with Crippen LogP contribution in [0.5, 0.6) is 0 Å². The number of hydrogen-bond donors (Lipinski definition) is 1. The van der Waals surface area contributed by atoms with Crippen molar-refractivity contribution in [1.82, 2.24) is 0 Å². The van der Waals surface area contributed by atoms with Gasteiger partial charge in [-0.05, 0) is 56.3 Å². The highest BCUT2D eigenvalue weighted by Gasteiger charge is 2.59. The highest BCUT2D eigenvalue weighted by Crippen LogP contribution is 2.57. The van der Waals surface area contributed by atoms with Crippen molar-refractivity contribution in [2.45, 2.75) is 123 Å². The zero-order chi connectivity index (χ0) is 36.4. The summed E-state index contributed by atoms with van der Waals surface area (Å²) in [6.07, 6.45) is 8.00. The van der Waals surface area contributed by atoms with Gasteiger partial charge in [0, 0.05) is 23.3 Å². The van der Waals surface area contributed by atoms with E-state index in [4.69, 9.17) is 23.5 Å². The van der Waals surface area contributed by atoms with Gasteiger partial charge in [-0.3, -0.25) is 14.1 Å². The van der Waals surface area contributed by atoms with Gasteiger partial charge in [-0.25, -0.2) is 0 Å². The van der Waals surface area contributed by atoms with Crippen molar-refractivity contribution in [3.8, 4) is 0 Å². The molecule has 0 aromatic rings. The van der Waals surface area contributed by atoms with Crippen LogP contribution in [0.1, 0.15) is 89.9 Å². The molecule has 2 bridgehead atoms. The molecular weight excluding hydrogens is 739 g/mol. The highest BCUT2D eigenvalue weighted by molar-refractivity contribution is 8.20. The van der Waals surface area contributed by atoms with Crippen LogP contribution in [0.4, 0.5) is 26.3 Å². The maximum Gasteiger partial charge on any atom is 0.402 e. The van der Waals surface area contributed by atoms with E-state index >= 15 is 0 Å². The minimum absolute atomic E-state index is 0.0410. The molecule has 5 aliphatic rings. The molecule has 2 heterocycles. The van der Waals surface area contributed by atoms with E-state index in [0.29, 0.717) is 37.9 Å². The Morgan fingerprint density at radius 3 is 2.30 bits per heavy atom. The van der Waals surface area contributed by atoms with Crippen LogP contribution in [0.15, 0.2) is 0 Å². The van der Waals surface area contributed by atoms with Crippen LogP contribution in [0.2, 0.25) is 0 Å². The maximum atomic E-state index is 14.0. The molecule has 5 rings (SSSR count). The van der Waals surface area contributed by atoms with Crippen LogP contribution in [0.25, 0.3) is 0 Å². The first-order chi connectivity index (χ1) is 23.4. The minimum atomic E-state index is -5.74. The van der Waals surface area contributed by atoms with Crippen molar-refractivity contribution in [2.75, 3.05) is 32.2 Å². The largest absolute Gasteiger partial charge is 0.464 e. The number of carbonyl (C=O) groups excluding carboxylic acids is 2. The van der Waals surface area contributed by atoms with Gasteiger partial charge >= 0.3 is 39.2 Å². The van der Waals surface area contributed by atoms with Gasteiger partial charge in [-0.1, -0.05) is 44.9 Å². The Balaban J connectivity index is 1.11. The number of halogens is 6. The molecule has 0 spiro atoms. The highest BCUT2D eigenvalue weighted by atomic mass is 32.2. The molecule has 0 amide bonds. The van der Waals surface area contributed by atoms with E-state index < -0.39 is 76.6 Å². The van der Waals surface area contributed by atoms with Crippen molar-refractivity contribution < 1.29 is 67.8 Å². The van der Waals surface area contributed by atoms with Gasteiger partial charge in [0.25, 0.3) is 0 Å². The Labute approximate surface area is 297 Å². The lowest BCUT2D eigenvalue weighted by Crippen LogP contribution is -2.46. The SMILES string of the molecule is O=C(CCC(CC1CCCCC1)C1OCC(F)(F)C(F)(F)CO1)OCC1CSC(C2CC3CCCC(C(=O)OCC(F)(F)S(=O)(=O)O)(C3)C2)S1. The maximum absolute atomic E-state index is 14.0. The third kappa shape index (κ3) is 9.77. The summed E-state index contributed by atoms with van der Waals surface area (Å²) in [4.78, 5) is 26.0. The zero-order valence-corrected chi connectivity index (χ0v) is 30.1. The van der Waals surface area contributed by atoms with E-state index in [1.165, 1.54) is 0 Å². The average Bonchev–Trinajstić information content (AvgIpc) is 3.50. The first-order valence-corrected chi connectivity index (χ1v) is 20.8. The van der Waals surface area contributed by atoms with Crippen molar-refractivity contribution >= 4 is 45.6 Å². The van der Waals surface area contributed by atoms with Crippen LogP contribution in [-0.2, 0) is 38.7 Å². The molecule has 0 aromatic heterocycles. The third-order valence-electron chi connectivity index (χ3n) is 10.9. The summed E-state index contributed by atoms with van der Waals surface area (Å²) in [5.74, 6) is -9.52. The summed E-state index contributed by atoms with van der Waals surface area (Å²) < 4.78 is 135. The number of thioether (sulfide) groups is 2. The smallest absolute Gasteiger partial charge is 0.402 e. The summed E-state index contributed by atoms with van der Waals surface area (Å²) in [5, 5.41) is -4.66. The molecule has 6 unspecified atom stereocenters. The second-order valence-corrected chi connectivity index (χ2v) is 19.2. The third-order valence-corrected chi connectivity index (χ3v) is 15.3. The predicted molar refractivity (Wildman–Crippen MR) is 173 cm³/mol. The van der Waals surface area contributed by atoms with Gasteiger partial charge in [0.2, 0.25) is 0 Å². The van der Waals surface area contributed by atoms with Crippen molar-refractivity contribution in [2.24, 2.45) is 29.1 Å². The molecular formula is C32H46F6O9S3. The number of esters is 2. The van der Waals surface area contributed by atoms with Crippen LogP contribution >= 0.6 is 23.5 Å². The number of ether oxygens (including phenoxy) is 4. The quantitative estimate of drug-likeness (QED) is 0.115. The van der Waals surface area contributed by atoms with E-state index in [9.17, 15) is 44.3 Å². The van der Waals surface area contributed by atoms with Crippen molar-refractivity contribution in [1.29, 1.82) is 0 Å². The summed E-state index contributed by atoms with van der Waals surface area (Å²) in [7, 11) is -5.74. The molecule has 2 aliphatic heterocycles. The van der Waals surface area contributed by atoms with Gasteiger partial charge in [-0.15, -0.1) is 23.5 Å². The molecule has 3 aliphatic carbocycles. The first kappa shape index (κ1) is 40.2. The molecule has 288 valence electrons. The fourth-order valence-corrected chi connectivity index (χ4v) is 11.9. The molecule has 2 saturated heterocycles. The number of hydrogen-bond acceptors (Lipinski definition) is 10. The van der Waals surface area contributed by atoms with Gasteiger partial charge < -0.3 is 18.9 Å². The van der Waals surface area contributed by atoms with Crippen molar-refractivity contribution in [3.63, 3.8) is 0 Å². The van der Waals surface area contributed by atoms with Gasteiger partial charge in [0.15, 0.2) is 12.9 Å². The number of carbonyl (C=O) groups is 2. The normalized spacial score (nSPS) is 32.9. The minimum Gasteiger partial charge on any atom is -0.464 e.